The first-order valence-corrected chi connectivity index (χ1v) is 8.07. The van der Waals surface area contributed by atoms with E-state index in [1.807, 2.05) is 12.1 Å². The van der Waals surface area contributed by atoms with Crippen molar-refractivity contribution in [2.45, 2.75) is 38.3 Å². The summed E-state index contributed by atoms with van der Waals surface area (Å²) in [6.45, 7) is 5.28. The van der Waals surface area contributed by atoms with Crippen LogP contribution in [-0.2, 0) is 0 Å². The van der Waals surface area contributed by atoms with Gasteiger partial charge in [-0.15, -0.1) is 0 Å². The quantitative estimate of drug-likeness (QED) is 0.851. The molecule has 2 atom stereocenters. The number of thiocarbonyl (C=S) groups is 1. The number of halogens is 1. The van der Waals surface area contributed by atoms with Crippen LogP contribution in [0.3, 0.4) is 0 Å². The second-order valence-electron chi connectivity index (χ2n) is 6.18. The fourth-order valence-corrected chi connectivity index (χ4v) is 3.71. The maximum absolute atomic E-state index is 14.4. The number of benzene rings is 1. The molecule has 1 aromatic carbocycles. The van der Waals surface area contributed by atoms with Crippen LogP contribution in [0.1, 0.15) is 31.7 Å². The lowest BCUT2D eigenvalue weighted by molar-refractivity contribution is 0.115. The van der Waals surface area contributed by atoms with Gasteiger partial charge in [-0.3, -0.25) is 4.90 Å². The summed E-state index contributed by atoms with van der Waals surface area (Å²) < 4.78 is 14.4. The Labute approximate surface area is 130 Å². The highest BCUT2D eigenvalue weighted by atomic mass is 32.1. The van der Waals surface area contributed by atoms with Crippen molar-refractivity contribution in [1.29, 1.82) is 0 Å². The molecule has 2 fully saturated rings. The Morgan fingerprint density at radius 3 is 2.86 bits per heavy atom. The predicted molar refractivity (Wildman–Crippen MR) is 88.3 cm³/mol. The fraction of sp³-hybridized carbons (Fsp3) is 0.562. The summed E-state index contributed by atoms with van der Waals surface area (Å²) in [6.07, 6.45) is 3.79. The van der Waals surface area contributed by atoms with Gasteiger partial charge in [-0.05, 0) is 44.5 Å². The van der Waals surface area contributed by atoms with E-state index in [1.165, 1.54) is 31.9 Å². The molecule has 0 aromatic heterocycles. The molecular weight excluding hydrogens is 285 g/mol. The molecule has 2 aliphatic heterocycles. The number of hydrogen-bond acceptors (Lipinski definition) is 3. The van der Waals surface area contributed by atoms with Crippen LogP contribution in [0.5, 0.6) is 0 Å². The number of nitrogens with zero attached hydrogens (tertiary/aromatic N) is 2. The maximum atomic E-state index is 14.4. The van der Waals surface area contributed by atoms with Gasteiger partial charge in [0.2, 0.25) is 0 Å². The van der Waals surface area contributed by atoms with E-state index in [-0.39, 0.29) is 10.8 Å². The standard InChI is InChI=1S/C16H22FN3S/c1-11-9-19-7-3-2-4-13(19)10-20(11)15-6-5-12(16(18)21)8-14(15)17/h5-6,8,11,13H,2-4,7,9-10H2,1H3,(H2,18,21). The zero-order valence-electron chi connectivity index (χ0n) is 12.4. The van der Waals surface area contributed by atoms with E-state index in [2.05, 4.69) is 16.7 Å². The molecule has 3 nitrogen and oxygen atoms in total. The molecular formula is C16H22FN3S. The van der Waals surface area contributed by atoms with Crippen LogP contribution < -0.4 is 10.6 Å². The molecule has 0 spiro atoms. The largest absolute Gasteiger partial charge is 0.389 e. The van der Waals surface area contributed by atoms with E-state index in [9.17, 15) is 4.39 Å². The van der Waals surface area contributed by atoms with E-state index in [0.717, 1.165) is 13.1 Å². The molecule has 0 bridgehead atoms. The van der Waals surface area contributed by atoms with Crippen molar-refractivity contribution in [3.05, 3.63) is 29.6 Å². The normalized spacial score (nSPS) is 26.5. The van der Waals surface area contributed by atoms with Crippen molar-refractivity contribution in [1.82, 2.24) is 4.90 Å². The second-order valence-corrected chi connectivity index (χ2v) is 6.62. The summed E-state index contributed by atoms with van der Waals surface area (Å²) in [5, 5.41) is 0. The Balaban J connectivity index is 1.84. The molecule has 0 amide bonds. The van der Waals surface area contributed by atoms with Gasteiger partial charge in [-0.2, -0.15) is 0 Å². The van der Waals surface area contributed by atoms with Crippen LogP contribution >= 0.6 is 12.2 Å². The SMILES string of the molecule is CC1CN2CCCCC2CN1c1ccc(C(N)=S)cc1F. The smallest absolute Gasteiger partial charge is 0.147 e. The summed E-state index contributed by atoms with van der Waals surface area (Å²) in [5.41, 5.74) is 6.84. The number of nitrogens with two attached hydrogens (primary N) is 1. The Morgan fingerprint density at radius 1 is 1.33 bits per heavy atom. The Morgan fingerprint density at radius 2 is 2.14 bits per heavy atom. The number of fused-ring (bicyclic) bond motifs is 1. The lowest BCUT2D eigenvalue weighted by Crippen LogP contribution is -2.59. The number of hydrogen-bond donors (Lipinski definition) is 1. The van der Waals surface area contributed by atoms with Crippen LogP contribution in [0.25, 0.3) is 0 Å². The fourth-order valence-electron chi connectivity index (χ4n) is 3.58. The molecule has 2 aliphatic rings. The van der Waals surface area contributed by atoms with Crippen molar-refractivity contribution in [3.8, 4) is 0 Å². The molecule has 2 N–H and O–H groups in total. The zero-order chi connectivity index (χ0) is 15.0. The molecule has 2 saturated heterocycles. The molecule has 21 heavy (non-hydrogen) atoms. The molecule has 2 unspecified atom stereocenters. The van der Waals surface area contributed by atoms with Crippen LogP contribution in [0.15, 0.2) is 18.2 Å². The van der Waals surface area contributed by atoms with E-state index in [1.54, 1.807) is 0 Å². The number of piperidine rings is 1. The Kier molecular flexibility index (Phi) is 4.13. The minimum absolute atomic E-state index is 0.226. The summed E-state index contributed by atoms with van der Waals surface area (Å²) in [4.78, 5) is 5.00. The zero-order valence-corrected chi connectivity index (χ0v) is 13.2. The highest BCUT2D eigenvalue weighted by molar-refractivity contribution is 7.80. The lowest BCUT2D eigenvalue weighted by atomic mass is 9.96. The Bertz CT molecular complexity index is 548. The average Bonchev–Trinajstić information content (AvgIpc) is 2.46. The van der Waals surface area contributed by atoms with Gasteiger partial charge in [0.15, 0.2) is 0 Å². The van der Waals surface area contributed by atoms with Crippen molar-refractivity contribution < 1.29 is 4.39 Å². The summed E-state index contributed by atoms with van der Waals surface area (Å²) in [6, 6.07) is 5.98. The van der Waals surface area contributed by atoms with E-state index >= 15 is 0 Å². The predicted octanol–water partition coefficient (Wildman–Crippen LogP) is 2.52. The lowest BCUT2D eigenvalue weighted by Gasteiger charge is -2.48. The van der Waals surface area contributed by atoms with Crippen LogP contribution in [0.2, 0.25) is 0 Å². The molecule has 0 saturated carbocycles. The van der Waals surface area contributed by atoms with Gasteiger partial charge in [0.05, 0.1) is 5.69 Å². The van der Waals surface area contributed by atoms with Gasteiger partial charge in [0.1, 0.15) is 10.8 Å². The molecule has 1 aromatic rings. The van der Waals surface area contributed by atoms with Gasteiger partial charge in [0, 0.05) is 30.7 Å². The van der Waals surface area contributed by atoms with Crippen molar-refractivity contribution in [3.63, 3.8) is 0 Å². The third-order valence-corrected chi connectivity index (χ3v) is 4.96. The second kappa shape index (κ2) is 5.89. The van der Waals surface area contributed by atoms with Gasteiger partial charge < -0.3 is 10.6 Å². The highest BCUT2D eigenvalue weighted by Crippen LogP contribution is 2.30. The monoisotopic (exact) mass is 307 g/mol. The van der Waals surface area contributed by atoms with E-state index in [0.29, 0.717) is 23.3 Å². The van der Waals surface area contributed by atoms with Crippen LogP contribution in [-0.4, -0.2) is 41.6 Å². The molecule has 3 rings (SSSR count). The third kappa shape index (κ3) is 2.90. The minimum Gasteiger partial charge on any atom is -0.389 e. The highest BCUT2D eigenvalue weighted by Gasteiger charge is 2.33. The number of anilines is 1. The third-order valence-electron chi connectivity index (χ3n) is 4.73. The number of piperazine rings is 1. The van der Waals surface area contributed by atoms with Gasteiger partial charge in [-0.1, -0.05) is 18.6 Å². The first kappa shape index (κ1) is 14.7. The molecule has 0 radical (unpaired) electrons. The molecule has 114 valence electrons. The van der Waals surface area contributed by atoms with Crippen molar-refractivity contribution in [2.24, 2.45) is 5.73 Å². The number of rotatable bonds is 2. The molecule has 2 heterocycles. The molecule has 0 aliphatic carbocycles. The molecule has 5 heteroatoms. The van der Waals surface area contributed by atoms with Gasteiger partial charge in [-0.25, -0.2) is 4.39 Å². The van der Waals surface area contributed by atoms with Crippen LogP contribution in [0.4, 0.5) is 10.1 Å². The first-order valence-electron chi connectivity index (χ1n) is 7.66. The summed E-state index contributed by atoms with van der Waals surface area (Å²) in [7, 11) is 0. The van der Waals surface area contributed by atoms with Gasteiger partial charge >= 0.3 is 0 Å². The van der Waals surface area contributed by atoms with E-state index < -0.39 is 0 Å². The van der Waals surface area contributed by atoms with Crippen molar-refractivity contribution >= 4 is 22.9 Å². The van der Waals surface area contributed by atoms with Crippen LogP contribution in [0, 0.1) is 5.82 Å². The summed E-state index contributed by atoms with van der Waals surface area (Å²) in [5.74, 6) is -0.226. The van der Waals surface area contributed by atoms with Crippen molar-refractivity contribution in [2.75, 3.05) is 24.5 Å². The summed E-state index contributed by atoms with van der Waals surface area (Å²) >= 11 is 4.91. The minimum atomic E-state index is -0.226. The van der Waals surface area contributed by atoms with Gasteiger partial charge in [0.25, 0.3) is 0 Å². The topological polar surface area (TPSA) is 32.5 Å². The van der Waals surface area contributed by atoms with E-state index in [4.69, 9.17) is 18.0 Å². The first-order chi connectivity index (χ1) is 10.1. The Hall–Kier alpha value is -1.20. The maximum Gasteiger partial charge on any atom is 0.147 e. The average molecular weight is 307 g/mol.